The van der Waals surface area contributed by atoms with Crippen LogP contribution in [0.3, 0.4) is 0 Å². The molecule has 0 saturated carbocycles. The summed E-state index contributed by atoms with van der Waals surface area (Å²) in [5, 5.41) is 11.6. The van der Waals surface area contributed by atoms with E-state index in [0.717, 1.165) is 11.1 Å². The van der Waals surface area contributed by atoms with Crippen LogP contribution in [0.15, 0.2) is 48.5 Å². The van der Waals surface area contributed by atoms with Gasteiger partial charge in [0.1, 0.15) is 25.6 Å². The summed E-state index contributed by atoms with van der Waals surface area (Å²) in [6.45, 7) is 2.67. The molecule has 5 N–H and O–H groups in total. The van der Waals surface area contributed by atoms with Gasteiger partial charge in [-0.3, -0.25) is 19.2 Å². The van der Waals surface area contributed by atoms with Gasteiger partial charge >= 0.3 is 0 Å². The van der Waals surface area contributed by atoms with E-state index in [4.69, 9.17) is 64.0 Å². The molecule has 1 atom stereocenters. The normalized spacial score (nSPS) is 11.9. The van der Waals surface area contributed by atoms with Crippen molar-refractivity contribution < 1.29 is 57.0 Å². The summed E-state index contributed by atoms with van der Waals surface area (Å²) in [5.74, 6) is 6.22. The third-order valence-electron chi connectivity index (χ3n) is 9.23. The Morgan fingerprint density at radius 3 is 1.31 bits per heavy atom. The molecule has 0 radical (unpaired) electrons. The van der Waals surface area contributed by atoms with Crippen molar-refractivity contribution >= 4 is 41.9 Å². The van der Waals surface area contributed by atoms with Crippen LogP contribution >= 0.6 is 6.49 Å². The molecule has 0 saturated heterocycles. The minimum absolute atomic E-state index is 0.0261. The Labute approximate surface area is 383 Å². The maximum absolute atomic E-state index is 14.1. The number of hydrogen-bond donors (Lipinski definition) is 5. The molecule has 2 aromatic rings. The summed E-state index contributed by atoms with van der Waals surface area (Å²) in [6.07, 6.45) is 16.1. The van der Waals surface area contributed by atoms with E-state index >= 15 is 0 Å². The lowest BCUT2D eigenvalue weighted by Crippen LogP contribution is -2.50. The summed E-state index contributed by atoms with van der Waals surface area (Å²) >= 11 is 5.14. The topological polar surface area (TPSA) is 201 Å². The molecule has 0 aliphatic heterocycles. The minimum atomic E-state index is -2.90. The molecule has 64 heavy (non-hydrogen) atoms. The second-order valence-corrected chi connectivity index (χ2v) is 17.8. The number of carbonyl (C=O) groups excluding carboxylic acids is 4. The van der Waals surface area contributed by atoms with E-state index in [1.807, 2.05) is 12.1 Å². The molecule has 0 aromatic heterocycles. The lowest BCUT2D eigenvalue weighted by molar-refractivity contribution is -0.121. The van der Waals surface area contributed by atoms with Gasteiger partial charge in [0, 0.05) is 56.2 Å². The number of nitrogens with one attached hydrogen (secondary N) is 4. The van der Waals surface area contributed by atoms with E-state index in [1.165, 1.54) is 0 Å². The van der Waals surface area contributed by atoms with Gasteiger partial charge in [0.15, 0.2) is 0 Å². The Morgan fingerprint density at radius 2 is 0.953 bits per heavy atom. The highest BCUT2D eigenvalue weighted by Crippen LogP contribution is 2.42. The van der Waals surface area contributed by atoms with E-state index in [0.29, 0.717) is 57.1 Å². The number of ether oxygens (including phenoxy) is 6. The smallest absolute Gasteiger partial charge is 0.251 e. The lowest BCUT2D eigenvalue weighted by Gasteiger charge is -2.35. The number of rotatable bonds is 36. The summed E-state index contributed by atoms with van der Waals surface area (Å²) < 4.78 is 37.6. The molecule has 350 valence electrons. The first-order valence-electron chi connectivity index (χ1n) is 21.1. The number of amides is 4. The van der Waals surface area contributed by atoms with Crippen molar-refractivity contribution in [2.24, 2.45) is 0 Å². The van der Waals surface area contributed by atoms with Gasteiger partial charge < -0.3 is 59.1 Å². The quantitative estimate of drug-likeness (QED) is 0.0380. The first kappa shape index (κ1) is 55.3. The molecule has 2 rings (SSSR count). The Bertz CT molecular complexity index is 1750. The summed E-state index contributed by atoms with van der Waals surface area (Å²) in [6, 6.07) is 14.0. The third kappa shape index (κ3) is 25.5. The van der Waals surface area contributed by atoms with Crippen LogP contribution in [0.1, 0.15) is 55.8 Å². The molecule has 0 heterocycles. The van der Waals surface area contributed by atoms with Crippen LogP contribution in [0.25, 0.3) is 11.1 Å². The number of benzene rings is 2. The molecule has 18 heteroatoms. The predicted octanol–water partition coefficient (Wildman–Crippen LogP) is 3.21. The van der Waals surface area contributed by atoms with E-state index in [-0.39, 0.29) is 116 Å². The van der Waals surface area contributed by atoms with Gasteiger partial charge in [-0.2, -0.15) is 0 Å². The van der Waals surface area contributed by atoms with Gasteiger partial charge in [-0.1, -0.05) is 49.0 Å². The van der Waals surface area contributed by atoms with E-state index < -0.39 is 17.9 Å². The monoisotopic (exact) mass is 926 g/mol. The molecule has 1 unspecified atom stereocenters. The van der Waals surface area contributed by atoms with E-state index in [1.54, 1.807) is 43.3 Å². The van der Waals surface area contributed by atoms with Gasteiger partial charge in [-0.05, 0) is 66.5 Å². The fourth-order valence-corrected chi connectivity index (χ4v) is 6.63. The highest BCUT2D eigenvalue weighted by molar-refractivity contribution is 8.09. The van der Waals surface area contributed by atoms with Gasteiger partial charge in [0.05, 0.1) is 59.5 Å². The molecular weight excluding hydrogens is 864 g/mol. The second kappa shape index (κ2) is 33.6. The summed E-state index contributed by atoms with van der Waals surface area (Å²) in [7, 11) is 0. The molecule has 4 amide bonds. The maximum atomic E-state index is 14.1. The largest absolute Gasteiger partial charge is 0.444 e. The molecular formula is C46H63N4O12PS. The fourth-order valence-electron chi connectivity index (χ4n) is 5.79. The van der Waals surface area contributed by atoms with E-state index in [9.17, 15) is 24.1 Å². The number of terminal acetylenes is 3. The number of hydrogen-bond acceptors (Lipinski definition) is 12. The SMILES string of the molecule is C#CCOCCOCCNC(=O)CCC(CCC(=O)NCCOCCOCC#C)(CCC(=O)NCCOCCOCC#C)NC(=O)c1ccc(-c2ccc(OP(O)(=S)CC)cc2)cc1. The average molecular weight is 927 g/mol. The Hall–Kier alpha value is -4.83. The molecule has 16 nitrogen and oxygen atoms in total. The first-order chi connectivity index (χ1) is 31.0. The predicted molar refractivity (Wildman–Crippen MR) is 248 cm³/mol. The zero-order chi connectivity index (χ0) is 46.7. The highest BCUT2D eigenvalue weighted by Gasteiger charge is 2.34. The second-order valence-electron chi connectivity index (χ2n) is 14.0. The molecule has 0 bridgehead atoms. The van der Waals surface area contributed by atoms with Crippen LogP contribution in [-0.2, 0) is 54.6 Å². The van der Waals surface area contributed by atoms with Crippen molar-refractivity contribution in [3.8, 4) is 53.9 Å². The van der Waals surface area contributed by atoms with Crippen LogP contribution in [-0.4, -0.2) is 139 Å². The molecule has 0 spiro atoms. The lowest BCUT2D eigenvalue weighted by atomic mass is 9.82. The van der Waals surface area contributed by atoms with Gasteiger partial charge in [0.2, 0.25) is 24.2 Å². The van der Waals surface area contributed by atoms with Crippen LogP contribution in [0.2, 0.25) is 0 Å². The Balaban J connectivity index is 2.24. The standard InChI is InChI=1S/C46H63N4O12PS/c1-5-26-56-32-35-59-29-23-47-42(51)17-20-46(21-18-43(52)48-24-30-60-36-33-57-27-6-2,22-19-44(53)49-25-31-61-37-34-58-28-7-3)50-45(54)40-11-9-38(10-12-40)39-13-15-41(16-14-39)62-63(55,64)8-4/h1-3,9-16H,8,17-37H2,4H3,(H,47,51)(H,48,52)(H,49,53)(H,50,54)(H,55,64). The zero-order valence-corrected chi connectivity index (χ0v) is 38.4. The van der Waals surface area contributed by atoms with Crippen molar-refractivity contribution in [1.29, 1.82) is 0 Å². The maximum Gasteiger partial charge on any atom is 0.251 e. The van der Waals surface area contributed by atoms with Crippen LogP contribution < -0.4 is 25.8 Å². The third-order valence-corrected chi connectivity index (χ3v) is 11.5. The van der Waals surface area contributed by atoms with Crippen molar-refractivity contribution in [3.05, 3.63) is 54.1 Å². The van der Waals surface area contributed by atoms with Crippen LogP contribution in [0, 0.1) is 37.0 Å². The first-order valence-corrected chi connectivity index (χ1v) is 23.9. The van der Waals surface area contributed by atoms with Gasteiger partial charge in [-0.15, -0.1) is 19.3 Å². The van der Waals surface area contributed by atoms with Crippen molar-refractivity contribution in [2.45, 2.75) is 51.0 Å². The molecule has 0 fully saturated rings. The molecule has 0 aliphatic carbocycles. The summed E-state index contributed by atoms with van der Waals surface area (Å²) in [5.41, 5.74) is 0.805. The van der Waals surface area contributed by atoms with Crippen molar-refractivity contribution in [2.75, 3.05) is 105 Å². The van der Waals surface area contributed by atoms with Crippen LogP contribution in [0.4, 0.5) is 0 Å². The molecule has 0 aliphatic rings. The number of carbonyl (C=O) groups is 4. The van der Waals surface area contributed by atoms with Gasteiger partial charge in [-0.25, -0.2) is 0 Å². The fraction of sp³-hybridized carbons (Fsp3) is 0.522. The van der Waals surface area contributed by atoms with Crippen LogP contribution in [0.5, 0.6) is 5.75 Å². The molecule has 2 aromatic carbocycles. The summed E-state index contributed by atoms with van der Waals surface area (Å²) in [4.78, 5) is 63.8. The highest BCUT2D eigenvalue weighted by atomic mass is 32.5. The average Bonchev–Trinajstić information content (AvgIpc) is 3.29. The Kier molecular flexibility index (Phi) is 29.1. The van der Waals surface area contributed by atoms with Crippen molar-refractivity contribution in [1.82, 2.24) is 21.3 Å². The Morgan fingerprint density at radius 1 is 0.594 bits per heavy atom. The van der Waals surface area contributed by atoms with Gasteiger partial charge in [0.25, 0.3) is 5.91 Å². The van der Waals surface area contributed by atoms with E-state index in [2.05, 4.69) is 39.0 Å². The van der Waals surface area contributed by atoms with Crippen molar-refractivity contribution in [3.63, 3.8) is 0 Å². The minimum Gasteiger partial charge on any atom is -0.444 e. The zero-order valence-electron chi connectivity index (χ0n) is 36.7.